The molecule has 0 aliphatic carbocycles. The molecular weight excluding hydrogens is 324 g/mol. The summed E-state index contributed by atoms with van der Waals surface area (Å²) in [4.78, 5) is 4.17. The summed E-state index contributed by atoms with van der Waals surface area (Å²) in [6.07, 6.45) is 3.50. The summed E-state index contributed by atoms with van der Waals surface area (Å²) in [7, 11) is 0. The highest BCUT2D eigenvalue weighted by Crippen LogP contribution is 2.27. The molecule has 25 heavy (non-hydrogen) atoms. The van der Waals surface area contributed by atoms with Gasteiger partial charge in [-0.3, -0.25) is 10.2 Å². The van der Waals surface area contributed by atoms with Crippen LogP contribution in [0.2, 0.25) is 0 Å². The van der Waals surface area contributed by atoms with Crippen molar-refractivity contribution < 1.29 is 8.78 Å². The summed E-state index contributed by atoms with van der Waals surface area (Å²) >= 11 is 0. The highest BCUT2D eigenvalue weighted by molar-refractivity contribution is 5.92. The standard InChI is InChI=1S/C18H13F2N5/c1-10-21-18(25-22-10)13-8-14-16(23-24-17(14)9-15(13)20)6-5-11-3-2-4-12(19)7-11/h2-9H,1H3,(H,23,24)(H,21,22,25)/b6-5+. The third-order valence-corrected chi connectivity index (χ3v) is 3.80. The Hall–Kier alpha value is -3.35. The van der Waals surface area contributed by atoms with Crippen LogP contribution in [0.3, 0.4) is 0 Å². The largest absolute Gasteiger partial charge is 0.277 e. The molecule has 0 bridgehead atoms. The van der Waals surface area contributed by atoms with Crippen LogP contribution in [0.4, 0.5) is 8.78 Å². The average Bonchev–Trinajstić information content (AvgIpc) is 3.18. The van der Waals surface area contributed by atoms with Crippen LogP contribution in [-0.4, -0.2) is 25.4 Å². The third-order valence-electron chi connectivity index (χ3n) is 3.80. The Kier molecular flexibility index (Phi) is 3.61. The highest BCUT2D eigenvalue weighted by Gasteiger charge is 2.14. The van der Waals surface area contributed by atoms with Gasteiger partial charge in [-0.1, -0.05) is 18.2 Å². The van der Waals surface area contributed by atoms with Gasteiger partial charge in [0.15, 0.2) is 5.82 Å². The number of aromatic amines is 2. The maximum atomic E-state index is 14.3. The number of nitrogens with one attached hydrogen (secondary N) is 2. The third kappa shape index (κ3) is 2.91. The zero-order valence-corrected chi connectivity index (χ0v) is 13.2. The molecule has 124 valence electrons. The number of hydrogen-bond donors (Lipinski definition) is 2. The predicted octanol–water partition coefficient (Wildman–Crippen LogP) is 4.11. The Balaban J connectivity index is 1.77. The summed E-state index contributed by atoms with van der Waals surface area (Å²) in [5.74, 6) is 0.153. The summed E-state index contributed by atoms with van der Waals surface area (Å²) < 4.78 is 27.6. The van der Waals surface area contributed by atoms with Crippen molar-refractivity contribution in [2.45, 2.75) is 6.92 Å². The van der Waals surface area contributed by atoms with E-state index in [0.717, 1.165) is 5.39 Å². The molecular formula is C18H13F2N5. The fourth-order valence-corrected chi connectivity index (χ4v) is 2.61. The van der Waals surface area contributed by atoms with E-state index in [1.807, 2.05) is 0 Å². The minimum Gasteiger partial charge on any atom is -0.277 e. The molecule has 2 N–H and O–H groups in total. The lowest BCUT2D eigenvalue weighted by atomic mass is 10.1. The van der Waals surface area contributed by atoms with E-state index < -0.39 is 5.82 Å². The van der Waals surface area contributed by atoms with Gasteiger partial charge in [0.2, 0.25) is 0 Å². The van der Waals surface area contributed by atoms with Gasteiger partial charge in [-0.05, 0) is 36.8 Å². The first-order valence-corrected chi connectivity index (χ1v) is 7.61. The summed E-state index contributed by atoms with van der Waals surface area (Å²) in [6, 6.07) is 9.25. The first-order valence-electron chi connectivity index (χ1n) is 7.61. The number of rotatable bonds is 3. The summed E-state index contributed by atoms with van der Waals surface area (Å²) in [6.45, 7) is 1.75. The number of fused-ring (bicyclic) bond motifs is 1. The number of nitrogens with zero attached hydrogens (tertiary/aromatic N) is 3. The second-order valence-corrected chi connectivity index (χ2v) is 5.62. The zero-order valence-electron chi connectivity index (χ0n) is 13.2. The van der Waals surface area contributed by atoms with Crippen LogP contribution in [0.5, 0.6) is 0 Å². The maximum Gasteiger partial charge on any atom is 0.184 e. The summed E-state index contributed by atoms with van der Waals surface area (Å²) in [5, 5.41) is 14.4. The number of hydrogen-bond acceptors (Lipinski definition) is 3. The molecule has 0 fully saturated rings. The van der Waals surface area contributed by atoms with Crippen LogP contribution < -0.4 is 0 Å². The lowest BCUT2D eigenvalue weighted by Gasteiger charge is -1.99. The van der Waals surface area contributed by atoms with Crippen molar-refractivity contribution in [2.75, 3.05) is 0 Å². The van der Waals surface area contributed by atoms with Crippen molar-refractivity contribution in [1.82, 2.24) is 25.4 Å². The second-order valence-electron chi connectivity index (χ2n) is 5.62. The minimum atomic E-state index is -0.434. The van der Waals surface area contributed by atoms with Crippen LogP contribution in [0.25, 0.3) is 34.4 Å². The van der Waals surface area contributed by atoms with E-state index in [4.69, 9.17) is 0 Å². The predicted molar refractivity (Wildman–Crippen MR) is 91.5 cm³/mol. The van der Waals surface area contributed by atoms with Gasteiger partial charge in [-0.25, -0.2) is 13.8 Å². The smallest absolute Gasteiger partial charge is 0.184 e. The van der Waals surface area contributed by atoms with Crippen LogP contribution in [-0.2, 0) is 0 Å². The fraction of sp³-hybridized carbons (Fsp3) is 0.0556. The highest BCUT2D eigenvalue weighted by atomic mass is 19.1. The monoisotopic (exact) mass is 337 g/mol. The Labute approximate surface area is 141 Å². The van der Waals surface area contributed by atoms with E-state index in [2.05, 4.69) is 25.4 Å². The van der Waals surface area contributed by atoms with Gasteiger partial charge in [0.05, 0.1) is 16.8 Å². The normalized spacial score (nSPS) is 11.6. The molecule has 7 heteroatoms. The average molecular weight is 337 g/mol. The van der Waals surface area contributed by atoms with Crippen molar-refractivity contribution in [3.05, 3.63) is 65.1 Å². The molecule has 0 spiro atoms. The minimum absolute atomic E-state index is 0.290. The molecule has 0 amide bonds. The molecule has 2 heterocycles. The molecule has 0 saturated heterocycles. The van der Waals surface area contributed by atoms with Crippen LogP contribution in [0, 0.1) is 18.6 Å². The van der Waals surface area contributed by atoms with Crippen molar-refractivity contribution in [3.8, 4) is 11.4 Å². The zero-order chi connectivity index (χ0) is 17.4. The summed E-state index contributed by atoms with van der Waals surface area (Å²) in [5.41, 5.74) is 2.18. The Bertz CT molecular complexity index is 1090. The number of aromatic nitrogens is 5. The Morgan fingerprint density at radius 2 is 1.88 bits per heavy atom. The molecule has 0 saturated carbocycles. The SMILES string of the molecule is Cc1nc(-c2cc3c(/C=C/c4cccc(F)c4)n[nH]c3cc2F)n[nH]1. The molecule has 2 aromatic carbocycles. The van der Waals surface area contributed by atoms with Gasteiger partial charge in [-0.15, -0.1) is 0 Å². The van der Waals surface area contributed by atoms with E-state index in [-0.39, 0.29) is 11.6 Å². The van der Waals surface area contributed by atoms with Crippen LogP contribution in [0.1, 0.15) is 17.1 Å². The molecule has 0 radical (unpaired) electrons. The van der Waals surface area contributed by atoms with Gasteiger partial charge >= 0.3 is 0 Å². The molecule has 4 aromatic rings. The van der Waals surface area contributed by atoms with Gasteiger partial charge in [-0.2, -0.15) is 10.2 Å². The molecule has 0 aliphatic heterocycles. The molecule has 0 unspecified atom stereocenters. The van der Waals surface area contributed by atoms with Crippen molar-refractivity contribution >= 4 is 23.1 Å². The van der Waals surface area contributed by atoms with Gasteiger partial charge in [0, 0.05) is 11.5 Å². The Morgan fingerprint density at radius 3 is 2.64 bits per heavy atom. The molecule has 4 rings (SSSR count). The first-order chi connectivity index (χ1) is 12.1. The van der Waals surface area contributed by atoms with E-state index in [9.17, 15) is 8.78 Å². The van der Waals surface area contributed by atoms with E-state index in [1.54, 1.807) is 37.3 Å². The number of benzene rings is 2. The van der Waals surface area contributed by atoms with E-state index in [1.165, 1.54) is 18.2 Å². The topological polar surface area (TPSA) is 70.2 Å². The quantitative estimate of drug-likeness (QED) is 0.591. The number of aryl methyl sites for hydroxylation is 1. The molecule has 5 nitrogen and oxygen atoms in total. The maximum absolute atomic E-state index is 14.3. The first kappa shape index (κ1) is 15.2. The van der Waals surface area contributed by atoms with Crippen molar-refractivity contribution in [1.29, 1.82) is 0 Å². The van der Waals surface area contributed by atoms with Gasteiger partial charge < -0.3 is 0 Å². The van der Waals surface area contributed by atoms with Crippen molar-refractivity contribution in [3.63, 3.8) is 0 Å². The molecule has 0 atom stereocenters. The van der Waals surface area contributed by atoms with Crippen LogP contribution >= 0.6 is 0 Å². The lowest BCUT2D eigenvalue weighted by Crippen LogP contribution is -1.87. The molecule has 0 aliphatic rings. The van der Waals surface area contributed by atoms with E-state index in [0.29, 0.717) is 28.2 Å². The Morgan fingerprint density at radius 1 is 1.00 bits per heavy atom. The fourth-order valence-electron chi connectivity index (χ4n) is 2.61. The number of H-pyrrole nitrogens is 2. The van der Waals surface area contributed by atoms with Gasteiger partial charge in [0.25, 0.3) is 0 Å². The molecule has 2 aromatic heterocycles. The van der Waals surface area contributed by atoms with Gasteiger partial charge in [0.1, 0.15) is 17.5 Å². The second kappa shape index (κ2) is 5.94. The van der Waals surface area contributed by atoms with Crippen molar-refractivity contribution in [2.24, 2.45) is 0 Å². The van der Waals surface area contributed by atoms with Crippen LogP contribution in [0.15, 0.2) is 36.4 Å². The van der Waals surface area contributed by atoms with E-state index >= 15 is 0 Å². The number of halogens is 2. The lowest BCUT2D eigenvalue weighted by molar-refractivity contribution is 0.627.